The van der Waals surface area contributed by atoms with Crippen molar-refractivity contribution in [2.24, 2.45) is 0 Å². The average Bonchev–Trinajstić information content (AvgIpc) is 2.90. The van der Waals surface area contributed by atoms with Gasteiger partial charge in [0, 0.05) is 20.2 Å². The number of ether oxygens (including phenoxy) is 2. The molecule has 2 rings (SSSR count). The van der Waals surface area contributed by atoms with E-state index >= 15 is 0 Å². The molecule has 0 spiro atoms. The molecule has 0 aromatic carbocycles. The van der Waals surface area contributed by atoms with Crippen LogP contribution >= 0.6 is 0 Å². The maximum Gasteiger partial charge on any atom is 0.351 e. The van der Waals surface area contributed by atoms with Gasteiger partial charge in [0.05, 0.1) is 6.10 Å². The van der Waals surface area contributed by atoms with E-state index in [-0.39, 0.29) is 29.0 Å². The number of anilines is 1. The SMILES string of the molecule is CC[C@H]1O[C@@H](n2ccc(NC(C)=O)nc2=O)[C@@H](OC)C1O[Si](C)(C)C(C)(C)C. The first-order chi connectivity index (χ1) is 12.9. The minimum atomic E-state index is -2.07. The molecule has 28 heavy (non-hydrogen) atoms. The summed E-state index contributed by atoms with van der Waals surface area (Å²) < 4.78 is 20.0. The van der Waals surface area contributed by atoms with Crippen molar-refractivity contribution < 1.29 is 18.7 Å². The fourth-order valence-corrected chi connectivity index (χ4v) is 4.35. The van der Waals surface area contributed by atoms with Gasteiger partial charge in [-0.25, -0.2) is 4.79 Å². The molecule has 4 atom stereocenters. The highest BCUT2D eigenvalue weighted by atomic mass is 28.4. The number of nitrogens with one attached hydrogen (secondary N) is 1. The molecule has 158 valence electrons. The van der Waals surface area contributed by atoms with Crippen LogP contribution in [0.2, 0.25) is 18.1 Å². The molecule has 0 aliphatic carbocycles. The number of carbonyl (C=O) groups is 1. The van der Waals surface area contributed by atoms with Gasteiger partial charge in [-0.2, -0.15) is 4.98 Å². The molecule has 1 N–H and O–H groups in total. The van der Waals surface area contributed by atoms with Gasteiger partial charge >= 0.3 is 5.69 Å². The molecule has 1 saturated heterocycles. The molecule has 1 aromatic rings. The molecule has 9 heteroatoms. The van der Waals surface area contributed by atoms with Crippen LogP contribution in [-0.2, 0) is 18.7 Å². The molecule has 1 aliphatic heterocycles. The Balaban J connectivity index is 2.34. The van der Waals surface area contributed by atoms with E-state index in [0.717, 1.165) is 6.42 Å². The largest absolute Gasteiger partial charge is 0.408 e. The molecule has 1 amide bonds. The van der Waals surface area contributed by atoms with E-state index in [0.29, 0.717) is 0 Å². The zero-order chi connectivity index (χ0) is 21.3. The molecule has 1 aromatic heterocycles. The van der Waals surface area contributed by atoms with Gasteiger partial charge in [0.25, 0.3) is 0 Å². The van der Waals surface area contributed by atoms with Gasteiger partial charge in [-0.15, -0.1) is 0 Å². The quantitative estimate of drug-likeness (QED) is 0.724. The van der Waals surface area contributed by atoms with Gasteiger partial charge in [0.1, 0.15) is 18.0 Å². The smallest absolute Gasteiger partial charge is 0.351 e. The first kappa shape index (κ1) is 22.7. The van der Waals surface area contributed by atoms with Gasteiger partial charge < -0.3 is 19.2 Å². The summed E-state index contributed by atoms with van der Waals surface area (Å²) in [4.78, 5) is 27.7. The highest BCUT2D eigenvalue weighted by molar-refractivity contribution is 6.74. The van der Waals surface area contributed by atoms with E-state index in [1.807, 2.05) is 6.92 Å². The fourth-order valence-electron chi connectivity index (χ4n) is 3.03. The van der Waals surface area contributed by atoms with Crippen LogP contribution in [0.15, 0.2) is 17.1 Å². The third kappa shape index (κ3) is 4.70. The number of hydrogen-bond acceptors (Lipinski definition) is 6. The Bertz CT molecular complexity index is 759. The number of carbonyl (C=O) groups excluding carboxylic acids is 1. The Morgan fingerprint density at radius 2 is 2.00 bits per heavy atom. The third-order valence-corrected chi connectivity index (χ3v) is 10.1. The highest BCUT2D eigenvalue weighted by Crippen LogP contribution is 2.42. The number of rotatable bonds is 6. The number of nitrogens with zero attached hydrogens (tertiary/aromatic N) is 2. The van der Waals surface area contributed by atoms with Crippen LogP contribution in [0.5, 0.6) is 0 Å². The first-order valence-corrected chi connectivity index (χ1v) is 12.5. The van der Waals surface area contributed by atoms with Crippen molar-refractivity contribution in [1.29, 1.82) is 0 Å². The van der Waals surface area contributed by atoms with Crippen LogP contribution < -0.4 is 11.0 Å². The van der Waals surface area contributed by atoms with Gasteiger partial charge in [0.2, 0.25) is 5.91 Å². The van der Waals surface area contributed by atoms with E-state index in [4.69, 9.17) is 13.9 Å². The molecule has 1 aliphatic rings. The predicted octanol–water partition coefficient (Wildman–Crippen LogP) is 2.91. The van der Waals surface area contributed by atoms with Crippen molar-refractivity contribution in [3.8, 4) is 0 Å². The molecule has 0 bridgehead atoms. The summed E-state index contributed by atoms with van der Waals surface area (Å²) >= 11 is 0. The molecular weight excluding hydrogens is 378 g/mol. The van der Waals surface area contributed by atoms with Gasteiger partial charge in [0.15, 0.2) is 14.5 Å². The zero-order valence-corrected chi connectivity index (χ0v) is 19.1. The van der Waals surface area contributed by atoms with Gasteiger partial charge in [-0.05, 0) is 30.6 Å². The van der Waals surface area contributed by atoms with E-state index in [1.54, 1.807) is 19.4 Å². The molecule has 1 unspecified atom stereocenters. The zero-order valence-electron chi connectivity index (χ0n) is 18.1. The Morgan fingerprint density at radius 3 is 2.46 bits per heavy atom. The lowest BCUT2D eigenvalue weighted by Crippen LogP contribution is -2.49. The molecule has 1 fully saturated rings. The maximum absolute atomic E-state index is 12.5. The van der Waals surface area contributed by atoms with E-state index in [9.17, 15) is 9.59 Å². The van der Waals surface area contributed by atoms with Gasteiger partial charge in [-0.3, -0.25) is 9.36 Å². The van der Waals surface area contributed by atoms with Crippen molar-refractivity contribution in [3.05, 3.63) is 22.7 Å². The molecule has 0 saturated carbocycles. The van der Waals surface area contributed by atoms with Crippen LogP contribution in [0.1, 0.15) is 47.3 Å². The first-order valence-electron chi connectivity index (χ1n) is 9.64. The number of aromatic nitrogens is 2. The Hall–Kier alpha value is -1.55. The second-order valence-corrected chi connectivity index (χ2v) is 13.5. The molecular formula is C19H33N3O5Si. The summed E-state index contributed by atoms with van der Waals surface area (Å²) in [6.07, 6.45) is 0.760. The summed E-state index contributed by atoms with van der Waals surface area (Å²) in [6.45, 7) is 14.3. The van der Waals surface area contributed by atoms with Gasteiger partial charge in [-0.1, -0.05) is 27.7 Å². The second-order valence-electron chi connectivity index (χ2n) is 8.70. The van der Waals surface area contributed by atoms with E-state index in [2.05, 4.69) is 44.2 Å². The Morgan fingerprint density at radius 1 is 1.36 bits per heavy atom. The van der Waals surface area contributed by atoms with Crippen LogP contribution in [0.4, 0.5) is 5.82 Å². The lowest BCUT2D eigenvalue weighted by Gasteiger charge is -2.40. The van der Waals surface area contributed by atoms with Crippen LogP contribution in [-0.4, -0.2) is 49.2 Å². The number of methoxy groups -OCH3 is 1. The fraction of sp³-hybridized carbons (Fsp3) is 0.737. The normalized spacial score (nSPS) is 25.7. The average molecular weight is 412 g/mol. The van der Waals surface area contributed by atoms with Crippen molar-refractivity contribution in [2.45, 2.75) is 83.7 Å². The summed E-state index contributed by atoms with van der Waals surface area (Å²) in [5, 5.41) is 2.55. The predicted molar refractivity (Wildman–Crippen MR) is 110 cm³/mol. The lowest BCUT2D eigenvalue weighted by atomic mass is 10.1. The summed E-state index contributed by atoms with van der Waals surface area (Å²) in [5.41, 5.74) is -0.513. The standard InChI is InChI=1S/C19H33N3O5Si/c1-9-13-15(27-28(7,8)19(3,4)5)16(25-6)17(26-13)22-11-10-14(20-12(2)23)21-18(22)24/h10-11,13,15-17H,9H2,1-8H3,(H,20,21,23,24)/t13-,15?,16+,17-/m1/s1. The van der Waals surface area contributed by atoms with Crippen molar-refractivity contribution >= 4 is 20.0 Å². The van der Waals surface area contributed by atoms with Crippen molar-refractivity contribution in [1.82, 2.24) is 9.55 Å². The number of amides is 1. The van der Waals surface area contributed by atoms with Crippen molar-refractivity contribution in [2.75, 3.05) is 12.4 Å². The van der Waals surface area contributed by atoms with E-state index < -0.39 is 26.3 Å². The monoisotopic (exact) mass is 411 g/mol. The second kappa shape index (κ2) is 8.44. The Kier molecular flexibility index (Phi) is 6.85. The maximum atomic E-state index is 12.5. The van der Waals surface area contributed by atoms with Crippen LogP contribution in [0.25, 0.3) is 0 Å². The molecule has 2 heterocycles. The number of hydrogen-bond donors (Lipinski definition) is 1. The molecule has 0 radical (unpaired) electrons. The highest BCUT2D eigenvalue weighted by Gasteiger charge is 2.50. The third-order valence-electron chi connectivity index (χ3n) is 5.61. The van der Waals surface area contributed by atoms with Crippen LogP contribution in [0.3, 0.4) is 0 Å². The van der Waals surface area contributed by atoms with Crippen molar-refractivity contribution in [3.63, 3.8) is 0 Å². The van der Waals surface area contributed by atoms with E-state index in [1.165, 1.54) is 11.5 Å². The minimum Gasteiger partial charge on any atom is -0.408 e. The summed E-state index contributed by atoms with van der Waals surface area (Å²) in [7, 11) is -0.466. The lowest BCUT2D eigenvalue weighted by molar-refractivity contribution is -0.114. The van der Waals surface area contributed by atoms with Crippen LogP contribution in [0, 0.1) is 0 Å². The minimum absolute atomic E-state index is 0.0417. The topological polar surface area (TPSA) is 91.7 Å². The molecule has 8 nitrogen and oxygen atoms in total. The summed E-state index contributed by atoms with van der Waals surface area (Å²) in [6, 6.07) is 1.57. The Labute approximate surface area is 167 Å². The summed E-state index contributed by atoms with van der Waals surface area (Å²) in [5.74, 6) is -0.0766.